The maximum atomic E-state index is 14.4. The van der Waals surface area contributed by atoms with E-state index in [2.05, 4.69) is 22.8 Å². The van der Waals surface area contributed by atoms with Gasteiger partial charge in [-0.2, -0.15) is 0 Å². The number of carbonyl (C=O) groups excluding carboxylic acids is 4. The molecule has 1 heterocycles. The summed E-state index contributed by atoms with van der Waals surface area (Å²) in [6.07, 6.45) is 0.628. The molecule has 7 rings (SSSR count). The predicted octanol–water partition coefficient (Wildman–Crippen LogP) is 6.61. The van der Waals surface area contributed by atoms with Crippen LogP contribution in [0.15, 0.2) is 133 Å². The molecular formula is C46H45N3O7. The maximum absolute atomic E-state index is 14.4. The van der Waals surface area contributed by atoms with Crippen LogP contribution in [0, 0.1) is 0 Å². The third-order valence-electron chi connectivity index (χ3n) is 10.5. The van der Waals surface area contributed by atoms with E-state index in [-0.39, 0.29) is 25.4 Å². The van der Waals surface area contributed by atoms with Crippen molar-refractivity contribution < 1.29 is 33.4 Å². The number of amides is 3. The average Bonchev–Trinajstić information content (AvgIpc) is 3.86. The van der Waals surface area contributed by atoms with Crippen LogP contribution >= 0.6 is 0 Å². The minimum absolute atomic E-state index is 0.0826. The first kappa shape index (κ1) is 37.9. The van der Waals surface area contributed by atoms with E-state index >= 15 is 0 Å². The van der Waals surface area contributed by atoms with Crippen molar-refractivity contribution in [1.82, 2.24) is 15.5 Å². The van der Waals surface area contributed by atoms with Gasteiger partial charge >= 0.3 is 12.1 Å². The predicted molar refractivity (Wildman–Crippen MR) is 212 cm³/mol. The zero-order valence-corrected chi connectivity index (χ0v) is 31.3. The number of likely N-dealkylation sites (tertiary alicyclic amines) is 1. The van der Waals surface area contributed by atoms with Crippen molar-refractivity contribution in [3.8, 4) is 16.9 Å². The Balaban J connectivity index is 1.06. The fourth-order valence-corrected chi connectivity index (χ4v) is 7.64. The molecule has 3 atom stereocenters. The number of rotatable bonds is 14. The average molecular weight is 752 g/mol. The molecule has 56 heavy (non-hydrogen) atoms. The molecule has 0 saturated carbocycles. The first-order valence-electron chi connectivity index (χ1n) is 19.0. The summed E-state index contributed by atoms with van der Waals surface area (Å²) in [4.78, 5) is 56.1. The van der Waals surface area contributed by atoms with Gasteiger partial charge in [0.15, 0.2) is 0 Å². The quantitative estimate of drug-likeness (QED) is 0.123. The fraction of sp³-hybridized carbons (Fsp3) is 0.261. The van der Waals surface area contributed by atoms with Crippen LogP contribution in [0.2, 0.25) is 0 Å². The van der Waals surface area contributed by atoms with Gasteiger partial charge in [-0.3, -0.25) is 9.59 Å². The molecule has 286 valence electrons. The van der Waals surface area contributed by atoms with Crippen LogP contribution in [0.5, 0.6) is 5.75 Å². The third kappa shape index (κ3) is 8.92. The Labute approximate surface area is 326 Å². The van der Waals surface area contributed by atoms with E-state index in [1.54, 1.807) is 0 Å². The number of alkyl carbamates (subject to hydrolysis) is 1. The minimum Gasteiger partial charge on any atom is -0.489 e. The Hall–Kier alpha value is -6.42. The Morgan fingerprint density at radius 2 is 1.25 bits per heavy atom. The molecule has 0 radical (unpaired) electrons. The maximum Gasteiger partial charge on any atom is 0.407 e. The molecule has 0 unspecified atom stereocenters. The fourth-order valence-electron chi connectivity index (χ4n) is 7.64. The molecule has 0 spiro atoms. The monoisotopic (exact) mass is 751 g/mol. The zero-order chi connectivity index (χ0) is 38.9. The van der Waals surface area contributed by atoms with Crippen LogP contribution in [0.25, 0.3) is 11.1 Å². The van der Waals surface area contributed by atoms with Crippen LogP contribution in [0.4, 0.5) is 4.79 Å². The number of hydrogen-bond donors (Lipinski definition) is 2. The topological polar surface area (TPSA) is 123 Å². The molecule has 10 heteroatoms. The SMILES string of the molecule is COC(=O)[C@H](Cc1ccccc1)NC(=O)[C@@H]1CCCN1C(=O)[C@H](Cc1ccc(OCc2ccccc2)cc1)NC(=O)OCC1c2ccccc2-c2ccccc21. The summed E-state index contributed by atoms with van der Waals surface area (Å²) < 4.78 is 16.8. The van der Waals surface area contributed by atoms with E-state index in [0.717, 1.165) is 38.9 Å². The minimum atomic E-state index is -1.05. The highest BCUT2D eigenvalue weighted by Crippen LogP contribution is 2.44. The van der Waals surface area contributed by atoms with E-state index in [4.69, 9.17) is 14.2 Å². The Morgan fingerprint density at radius 1 is 0.679 bits per heavy atom. The second-order valence-corrected chi connectivity index (χ2v) is 14.1. The molecule has 2 N–H and O–H groups in total. The summed E-state index contributed by atoms with van der Waals surface area (Å²) in [5.74, 6) is -0.947. The molecule has 5 aromatic rings. The number of fused-ring (bicyclic) bond motifs is 3. The normalized spacial score (nSPS) is 15.5. The van der Waals surface area contributed by atoms with Crippen LogP contribution in [-0.2, 0) is 43.3 Å². The van der Waals surface area contributed by atoms with Gasteiger partial charge in [-0.05, 0) is 63.9 Å². The number of esters is 1. The van der Waals surface area contributed by atoms with Crippen molar-refractivity contribution in [2.45, 2.75) is 56.3 Å². The Bertz CT molecular complexity index is 2100. The molecule has 1 fully saturated rings. The van der Waals surface area contributed by atoms with Crippen molar-refractivity contribution in [2.24, 2.45) is 0 Å². The molecular weight excluding hydrogens is 707 g/mol. The van der Waals surface area contributed by atoms with E-state index in [1.807, 2.05) is 121 Å². The summed E-state index contributed by atoms with van der Waals surface area (Å²) >= 11 is 0. The first-order chi connectivity index (χ1) is 27.4. The zero-order valence-electron chi connectivity index (χ0n) is 31.3. The van der Waals surface area contributed by atoms with Crippen LogP contribution in [0.1, 0.15) is 46.6 Å². The lowest BCUT2D eigenvalue weighted by Crippen LogP contribution is -2.56. The summed E-state index contributed by atoms with van der Waals surface area (Å²) in [7, 11) is 1.28. The highest BCUT2D eigenvalue weighted by Gasteiger charge is 2.39. The van der Waals surface area contributed by atoms with Gasteiger partial charge in [-0.25, -0.2) is 9.59 Å². The standard InChI is InChI=1S/C46H45N3O7/c1-54-45(52)41(28-31-13-4-2-5-14-31)47-43(50)42-21-12-26-49(42)44(51)40(27-32-22-24-34(25-23-32)55-29-33-15-6-3-7-16-33)48-46(53)56-30-39-37-19-10-8-17-35(37)36-18-9-11-20-38(36)39/h2-11,13-20,22-25,39-42H,12,21,26-30H2,1H3,(H,47,50)(H,48,53)/t40-,41-,42-/m0/s1. The van der Waals surface area contributed by atoms with Gasteiger partial charge in [0.25, 0.3) is 0 Å². The number of benzene rings is 5. The number of nitrogens with zero attached hydrogens (tertiary/aromatic N) is 1. The Kier molecular flexibility index (Phi) is 12.0. The molecule has 3 amide bonds. The number of nitrogens with one attached hydrogen (secondary N) is 2. The van der Waals surface area contributed by atoms with Crippen LogP contribution in [-0.4, -0.2) is 67.2 Å². The highest BCUT2D eigenvalue weighted by atomic mass is 16.5. The molecule has 1 aliphatic carbocycles. The number of ether oxygens (including phenoxy) is 3. The second kappa shape index (κ2) is 17.8. The number of methoxy groups -OCH3 is 1. The van der Waals surface area contributed by atoms with Gasteiger partial charge in [0.2, 0.25) is 11.8 Å². The smallest absolute Gasteiger partial charge is 0.407 e. The lowest BCUT2D eigenvalue weighted by Gasteiger charge is -2.29. The third-order valence-corrected chi connectivity index (χ3v) is 10.5. The lowest BCUT2D eigenvalue weighted by atomic mass is 9.98. The van der Waals surface area contributed by atoms with Crippen molar-refractivity contribution in [1.29, 1.82) is 0 Å². The largest absolute Gasteiger partial charge is 0.489 e. The summed E-state index contributed by atoms with van der Waals surface area (Å²) in [6.45, 7) is 0.804. The summed E-state index contributed by atoms with van der Waals surface area (Å²) in [5, 5.41) is 5.68. The van der Waals surface area contributed by atoms with Crippen molar-refractivity contribution in [3.05, 3.63) is 161 Å². The van der Waals surface area contributed by atoms with Crippen molar-refractivity contribution in [2.75, 3.05) is 20.3 Å². The molecule has 1 aliphatic heterocycles. The summed E-state index contributed by atoms with van der Waals surface area (Å²) in [5.41, 5.74) is 7.04. The van der Waals surface area contributed by atoms with E-state index in [9.17, 15) is 19.2 Å². The molecule has 10 nitrogen and oxygen atoms in total. The van der Waals surface area contributed by atoms with Crippen molar-refractivity contribution in [3.63, 3.8) is 0 Å². The molecule has 0 aromatic heterocycles. The van der Waals surface area contributed by atoms with Crippen LogP contribution in [0.3, 0.4) is 0 Å². The van der Waals surface area contributed by atoms with Gasteiger partial charge in [0.1, 0.15) is 37.1 Å². The van der Waals surface area contributed by atoms with Crippen molar-refractivity contribution >= 4 is 23.9 Å². The van der Waals surface area contributed by atoms with Gasteiger partial charge in [-0.15, -0.1) is 0 Å². The van der Waals surface area contributed by atoms with Gasteiger partial charge in [0.05, 0.1) is 7.11 Å². The summed E-state index contributed by atoms with van der Waals surface area (Å²) in [6, 6.07) is 39.9. The van der Waals surface area contributed by atoms with Gasteiger partial charge in [-0.1, -0.05) is 121 Å². The molecule has 2 aliphatic rings. The molecule has 5 aromatic carbocycles. The Morgan fingerprint density at radius 3 is 1.89 bits per heavy atom. The van der Waals surface area contributed by atoms with Gasteiger partial charge < -0.3 is 29.7 Å². The highest BCUT2D eigenvalue weighted by molar-refractivity contribution is 5.94. The first-order valence-corrected chi connectivity index (χ1v) is 19.0. The van der Waals surface area contributed by atoms with Crippen LogP contribution < -0.4 is 15.4 Å². The van der Waals surface area contributed by atoms with Gasteiger partial charge in [0, 0.05) is 25.3 Å². The van der Waals surface area contributed by atoms with E-state index < -0.39 is 42.0 Å². The van der Waals surface area contributed by atoms with E-state index in [0.29, 0.717) is 31.7 Å². The number of carbonyl (C=O) groups is 4. The molecule has 0 bridgehead atoms. The number of hydrogen-bond acceptors (Lipinski definition) is 7. The molecule has 1 saturated heterocycles. The second-order valence-electron chi connectivity index (χ2n) is 14.1. The lowest BCUT2D eigenvalue weighted by molar-refractivity contribution is -0.146. The van der Waals surface area contributed by atoms with E-state index in [1.165, 1.54) is 12.0 Å².